The number of hydrogen-bond donors (Lipinski definition) is 0. The molecule has 0 N–H and O–H groups in total. The smallest absolute Gasteiger partial charge is 0.272 e. The van der Waals surface area contributed by atoms with E-state index in [1.807, 2.05) is 42.5 Å². The van der Waals surface area contributed by atoms with E-state index in [2.05, 4.69) is 9.99 Å². The molecule has 0 aliphatic rings. The van der Waals surface area contributed by atoms with Crippen molar-refractivity contribution in [2.24, 2.45) is 5.16 Å². The molecule has 0 aliphatic heterocycles. The zero-order chi connectivity index (χ0) is 15.1. The van der Waals surface area contributed by atoms with Gasteiger partial charge in [-0.2, -0.15) is 0 Å². The van der Waals surface area contributed by atoms with E-state index in [1.165, 1.54) is 12.0 Å². The molecule has 0 heterocycles. The molecule has 2 aromatic rings. The average molecular weight is 284 g/mol. The van der Waals surface area contributed by atoms with Crippen LogP contribution in [0.4, 0.5) is 5.69 Å². The fourth-order valence-electron chi connectivity index (χ4n) is 1.74. The van der Waals surface area contributed by atoms with Gasteiger partial charge in [-0.05, 0) is 24.3 Å². The van der Waals surface area contributed by atoms with Gasteiger partial charge in [-0.15, -0.1) is 0 Å². The number of para-hydroxylation sites is 3. The van der Waals surface area contributed by atoms with Gasteiger partial charge in [-0.1, -0.05) is 35.5 Å². The van der Waals surface area contributed by atoms with Gasteiger partial charge in [0.1, 0.15) is 19.1 Å². The number of carbonyl (C=O) groups excluding carboxylic acids is 1. The number of anilines is 1. The molecule has 0 fully saturated rings. The van der Waals surface area contributed by atoms with Crippen LogP contribution in [0.1, 0.15) is 0 Å². The summed E-state index contributed by atoms with van der Waals surface area (Å²) < 4.78 is 5.82. The molecule has 0 aliphatic carbocycles. The first-order valence-electron chi connectivity index (χ1n) is 6.38. The Kier molecular flexibility index (Phi) is 4.93. The van der Waals surface area contributed by atoms with Crippen molar-refractivity contribution in [3.05, 3.63) is 54.6 Å². The lowest BCUT2D eigenvalue weighted by Crippen LogP contribution is -2.27. The fourth-order valence-corrected chi connectivity index (χ4v) is 1.74. The van der Waals surface area contributed by atoms with Crippen LogP contribution in [0.15, 0.2) is 59.8 Å². The van der Waals surface area contributed by atoms with Crippen LogP contribution in [0.25, 0.3) is 0 Å². The first-order chi connectivity index (χ1) is 10.2. The summed E-state index contributed by atoms with van der Waals surface area (Å²) in [5.41, 5.74) is 0.647. The molecule has 0 spiro atoms. The molecular weight excluding hydrogens is 268 g/mol. The third-order valence-electron chi connectivity index (χ3n) is 2.80. The lowest BCUT2D eigenvalue weighted by molar-refractivity contribution is -0.112. The van der Waals surface area contributed by atoms with E-state index in [0.717, 1.165) is 6.21 Å². The molecular formula is C16H16N2O3. The van der Waals surface area contributed by atoms with Crippen LogP contribution < -0.4 is 9.64 Å². The minimum Gasteiger partial charge on any atom is -0.455 e. The molecule has 21 heavy (non-hydrogen) atoms. The minimum absolute atomic E-state index is 0.305. The van der Waals surface area contributed by atoms with Crippen LogP contribution in [0.2, 0.25) is 0 Å². The lowest BCUT2D eigenvalue weighted by atomic mass is 10.2. The van der Waals surface area contributed by atoms with Crippen LogP contribution in [0.3, 0.4) is 0 Å². The Morgan fingerprint density at radius 3 is 2.48 bits per heavy atom. The van der Waals surface area contributed by atoms with Gasteiger partial charge in [0.05, 0.1) is 5.69 Å². The van der Waals surface area contributed by atoms with Crippen molar-refractivity contribution in [1.82, 2.24) is 0 Å². The summed E-state index contributed by atoms with van der Waals surface area (Å²) in [5, 5.41) is 3.47. The van der Waals surface area contributed by atoms with E-state index < -0.39 is 0 Å². The van der Waals surface area contributed by atoms with Crippen molar-refractivity contribution in [2.75, 3.05) is 19.1 Å². The topological polar surface area (TPSA) is 51.1 Å². The van der Waals surface area contributed by atoms with E-state index in [4.69, 9.17) is 4.74 Å². The molecule has 2 rings (SSSR count). The Hall–Kier alpha value is -2.82. The van der Waals surface area contributed by atoms with Crippen molar-refractivity contribution >= 4 is 17.8 Å². The molecule has 0 radical (unpaired) electrons. The second-order valence-corrected chi connectivity index (χ2v) is 4.20. The van der Waals surface area contributed by atoms with E-state index in [-0.39, 0.29) is 5.91 Å². The van der Waals surface area contributed by atoms with Crippen molar-refractivity contribution in [2.45, 2.75) is 0 Å². The van der Waals surface area contributed by atoms with Crippen LogP contribution in [-0.2, 0) is 9.63 Å². The van der Waals surface area contributed by atoms with Gasteiger partial charge in [0.15, 0.2) is 5.75 Å². The molecule has 0 saturated carbocycles. The van der Waals surface area contributed by atoms with E-state index in [0.29, 0.717) is 17.2 Å². The number of hydrogen-bond acceptors (Lipinski definition) is 4. The highest BCUT2D eigenvalue weighted by Gasteiger charge is 2.14. The highest BCUT2D eigenvalue weighted by atomic mass is 16.6. The van der Waals surface area contributed by atoms with Gasteiger partial charge in [0.2, 0.25) is 0 Å². The Balaban J connectivity index is 2.24. The fraction of sp³-hybridized carbons (Fsp3) is 0.125. The summed E-state index contributed by atoms with van der Waals surface area (Å²) in [5.74, 6) is 0.989. The van der Waals surface area contributed by atoms with E-state index in [9.17, 15) is 4.79 Å². The first kappa shape index (κ1) is 14.6. The molecule has 0 atom stereocenters. The molecule has 5 heteroatoms. The SMILES string of the molecule is CON=CC(=O)N(C)c1ccccc1Oc1ccccc1. The third kappa shape index (κ3) is 3.82. The van der Waals surface area contributed by atoms with Crippen LogP contribution >= 0.6 is 0 Å². The van der Waals surface area contributed by atoms with Crippen molar-refractivity contribution < 1.29 is 14.4 Å². The predicted molar refractivity (Wildman–Crippen MR) is 81.9 cm³/mol. The second kappa shape index (κ2) is 7.09. The van der Waals surface area contributed by atoms with Crippen molar-refractivity contribution in [3.63, 3.8) is 0 Å². The number of benzene rings is 2. The zero-order valence-electron chi connectivity index (χ0n) is 11.9. The maximum Gasteiger partial charge on any atom is 0.272 e. The summed E-state index contributed by atoms with van der Waals surface area (Å²) in [7, 11) is 3.04. The Morgan fingerprint density at radius 1 is 1.10 bits per heavy atom. The van der Waals surface area contributed by atoms with Gasteiger partial charge < -0.3 is 14.5 Å². The van der Waals surface area contributed by atoms with Crippen LogP contribution in [0.5, 0.6) is 11.5 Å². The maximum absolute atomic E-state index is 11.9. The standard InChI is InChI=1S/C16H16N2O3/c1-18(16(19)12-17-20-2)14-10-6-7-11-15(14)21-13-8-4-3-5-9-13/h3-12H,1-2H3. The first-order valence-corrected chi connectivity index (χ1v) is 6.38. The number of nitrogens with zero attached hydrogens (tertiary/aromatic N) is 2. The van der Waals surface area contributed by atoms with Gasteiger partial charge in [0.25, 0.3) is 5.91 Å². The maximum atomic E-state index is 11.9. The zero-order valence-corrected chi connectivity index (χ0v) is 11.9. The molecule has 108 valence electrons. The predicted octanol–water partition coefficient (Wildman–Crippen LogP) is 3.07. The molecule has 0 bridgehead atoms. The molecule has 0 saturated heterocycles. The highest BCUT2D eigenvalue weighted by molar-refractivity contribution is 6.32. The minimum atomic E-state index is -0.305. The number of rotatable bonds is 5. The molecule has 1 amide bonds. The second-order valence-electron chi connectivity index (χ2n) is 4.20. The van der Waals surface area contributed by atoms with E-state index >= 15 is 0 Å². The average Bonchev–Trinajstić information content (AvgIpc) is 2.53. The quantitative estimate of drug-likeness (QED) is 0.626. The van der Waals surface area contributed by atoms with E-state index in [1.54, 1.807) is 19.2 Å². The number of amides is 1. The summed E-state index contributed by atoms with van der Waals surface area (Å²) >= 11 is 0. The van der Waals surface area contributed by atoms with Gasteiger partial charge in [-0.3, -0.25) is 4.79 Å². The van der Waals surface area contributed by atoms with Gasteiger partial charge in [-0.25, -0.2) is 0 Å². The number of ether oxygens (including phenoxy) is 1. The Labute approximate surface area is 123 Å². The third-order valence-corrected chi connectivity index (χ3v) is 2.80. The monoisotopic (exact) mass is 284 g/mol. The number of carbonyl (C=O) groups is 1. The van der Waals surface area contributed by atoms with Crippen molar-refractivity contribution in [3.8, 4) is 11.5 Å². The van der Waals surface area contributed by atoms with Gasteiger partial charge >= 0.3 is 0 Å². The largest absolute Gasteiger partial charge is 0.455 e. The number of oxime groups is 1. The summed E-state index contributed by atoms with van der Waals surface area (Å²) in [4.78, 5) is 17.9. The normalized spacial score (nSPS) is 10.4. The van der Waals surface area contributed by atoms with Crippen molar-refractivity contribution in [1.29, 1.82) is 0 Å². The van der Waals surface area contributed by atoms with Crippen LogP contribution in [-0.4, -0.2) is 26.3 Å². The van der Waals surface area contributed by atoms with Gasteiger partial charge in [0, 0.05) is 7.05 Å². The molecule has 5 nitrogen and oxygen atoms in total. The molecule has 0 unspecified atom stereocenters. The summed E-state index contributed by atoms with van der Waals surface area (Å²) in [6.07, 6.45) is 1.11. The van der Waals surface area contributed by atoms with Crippen LogP contribution in [0, 0.1) is 0 Å². The Bertz CT molecular complexity index is 626. The molecule has 0 aromatic heterocycles. The lowest BCUT2D eigenvalue weighted by Gasteiger charge is -2.18. The Morgan fingerprint density at radius 2 is 1.76 bits per heavy atom. The summed E-state index contributed by atoms with van der Waals surface area (Å²) in [6, 6.07) is 16.7. The summed E-state index contributed by atoms with van der Waals surface area (Å²) in [6.45, 7) is 0. The highest BCUT2D eigenvalue weighted by Crippen LogP contribution is 2.31. The molecule has 2 aromatic carbocycles.